The topological polar surface area (TPSA) is 75.7 Å². The zero-order valence-corrected chi connectivity index (χ0v) is 21.2. The van der Waals surface area contributed by atoms with E-state index in [9.17, 15) is 35.2 Å². The predicted octanol–water partition coefficient (Wildman–Crippen LogP) is 5.13. The van der Waals surface area contributed by atoms with Crippen molar-refractivity contribution in [3.8, 4) is 5.75 Å². The molecule has 1 amide bonds. The maximum Gasteiger partial charge on any atom is 0.416 e. The average Bonchev–Trinajstić information content (AvgIpc) is 3.73. The molecule has 0 radical (unpaired) electrons. The first kappa shape index (κ1) is 26.9. The van der Waals surface area contributed by atoms with Gasteiger partial charge in [0.1, 0.15) is 23.5 Å². The Kier molecular flexibility index (Phi) is 7.14. The van der Waals surface area contributed by atoms with Gasteiger partial charge in [0, 0.05) is 19.2 Å². The minimum atomic E-state index is -4.69. The summed E-state index contributed by atoms with van der Waals surface area (Å²) < 4.78 is 101. The van der Waals surface area contributed by atoms with Crippen molar-refractivity contribution in [2.45, 2.75) is 68.5 Å². The van der Waals surface area contributed by atoms with Crippen molar-refractivity contribution in [2.24, 2.45) is 0 Å². The number of hydrogen-bond donors (Lipinski definition) is 1. The van der Waals surface area contributed by atoms with Crippen LogP contribution in [0.25, 0.3) is 0 Å². The van der Waals surface area contributed by atoms with Crippen LogP contribution >= 0.6 is 0 Å². The minimum absolute atomic E-state index is 0.0409. The second-order valence-electron chi connectivity index (χ2n) is 10.2. The van der Waals surface area contributed by atoms with Crippen LogP contribution in [0.15, 0.2) is 30.3 Å². The van der Waals surface area contributed by atoms with Crippen LogP contribution in [0.2, 0.25) is 0 Å². The Morgan fingerprint density at radius 3 is 2.45 bits per heavy atom. The van der Waals surface area contributed by atoms with Crippen molar-refractivity contribution in [3.63, 3.8) is 0 Å². The van der Waals surface area contributed by atoms with E-state index < -0.39 is 50.7 Å². The molecule has 1 aliphatic heterocycles. The molecule has 1 heterocycles. The van der Waals surface area contributed by atoms with Gasteiger partial charge in [-0.25, -0.2) is 21.9 Å². The molecule has 1 atom stereocenters. The highest BCUT2D eigenvalue weighted by atomic mass is 32.2. The van der Waals surface area contributed by atoms with Gasteiger partial charge >= 0.3 is 6.18 Å². The summed E-state index contributed by atoms with van der Waals surface area (Å²) in [6.07, 6.45) is -1.36. The molecule has 3 fully saturated rings. The summed E-state index contributed by atoms with van der Waals surface area (Å²) in [6.45, 7) is 0.753. The van der Waals surface area contributed by atoms with Crippen LogP contribution in [0.5, 0.6) is 5.75 Å². The average molecular weight is 559 g/mol. The molecule has 2 aromatic carbocycles. The van der Waals surface area contributed by atoms with E-state index >= 15 is 0 Å². The summed E-state index contributed by atoms with van der Waals surface area (Å²) in [5.74, 6) is -2.60. The summed E-state index contributed by atoms with van der Waals surface area (Å²) in [5.41, 5.74) is -0.822. The van der Waals surface area contributed by atoms with Crippen LogP contribution in [-0.4, -0.2) is 43.7 Å². The molecule has 1 N–H and O–H groups in total. The number of nitrogens with one attached hydrogen (secondary N) is 1. The largest absolute Gasteiger partial charge is 0.489 e. The molecule has 38 heavy (non-hydrogen) atoms. The number of carbonyl (C=O) groups is 1. The van der Waals surface area contributed by atoms with Crippen LogP contribution in [0.1, 0.15) is 71.5 Å². The standard InChI is InChI=1S/C26H27F5N2O4S/c27-17-6-5-16(22(10-17)26(29,30)31)13-33-9-1-2-18(14-33)37-24-12-23(28)21(11-20(24)15-3-4-15)25(34)32-38(35,36)19-7-8-19/h5-6,10-12,15,18-19H,1-4,7-9,13-14H2,(H,32,34). The molecule has 0 bridgehead atoms. The number of hydrogen-bond acceptors (Lipinski definition) is 5. The Hall–Kier alpha value is -2.73. The molecule has 0 spiro atoms. The SMILES string of the molecule is O=C(NS(=O)(=O)C1CC1)c1cc(C2CC2)c(OC2CCCN(Cc3ccc(F)cc3C(F)(F)F)C2)cc1F. The first-order valence-electron chi connectivity index (χ1n) is 12.5. The lowest BCUT2D eigenvalue weighted by Crippen LogP contribution is -2.41. The monoisotopic (exact) mass is 558 g/mol. The number of rotatable bonds is 8. The van der Waals surface area contributed by atoms with Crippen LogP contribution in [0, 0.1) is 11.6 Å². The van der Waals surface area contributed by atoms with E-state index in [2.05, 4.69) is 0 Å². The third kappa shape index (κ3) is 6.12. The van der Waals surface area contributed by atoms with Gasteiger partial charge in [-0.05, 0) is 80.3 Å². The lowest BCUT2D eigenvalue weighted by Gasteiger charge is -2.34. The van der Waals surface area contributed by atoms with Gasteiger partial charge in [0.05, 0.1) is 16.4 Å². The maximum atomic E-state index is 15.0. The van der Waals surface area contributed by atoms with Gasteiger partial charge in [0.25, 0.3) is 5.91 Å². The summed E-state index contributed by atoms with van der Waals surface area (Å²) in [5, 5.41) is -0.628. The summed E-state index contributed by atoms with van der Waals surface area (Å²) in [6, 6.07) is 5.06. The highest BCUT2D eigenvalue weighted by Crippen LogP contribution is 2.45. The molecular weight excluding hydrogens is 531 g/mol. The van der Waals surface area contributed by atoms with Crippen molar-refractivity contribution in [2.75, 3.05) is 13.1 Å². The molecule has 0 aromatic heterocycles. The molecule has 2 aromatic rings. The minimum Gasteiger partial charge on any atom is -0.489 e. The molecule has 6 nitrogen and oxygen atoms in total. The molecular formula is C26H27F5N2O4S. The van der Waals surface area contributed by atoms with E-state index in [1.807, 2.05) is 4.72 Å². The van der Waals surface area contributed by atoms with Crippen LogP contribution < -0.4 is 9.46 Å². The van der Waals surface area contributed by atoms with Crippen molar-refractivity contribution < 1.29 is 39.9 Å². The van der Waals surface area contributed by atoms with Crippen molar-refractivity contribution >= 4 is 15.9 Å². The number of ether oxygens (including phenoxy) is 1. The maximum absolute atomic E-state index is 15.0. The van der Waals surface area contributed by atoms with E-state index in [0.717, 1.165) is 31.0 Å². The zero-order valence-electron chi connectivity index (χ0n) is 20.4. The molecule has 1 saturated heterocycles. The number of alkyl halides is 3. The Labute approximate surface area is 217 Å². The van der Waals surface area contributed by atoms with Gasteiger partial charge in [-0.1, -0.05) is 6.07 Å². The third-order valence-electron chi connectivity index (χ3n) is 7.09. The molecule has 2 aliphatic carbocycles. The molecule has 2 saturated carbocycles. The fourth-order valence-corrected chi connectivity index (χ4v) is 6.12. The van der Waals surface area contributed by atoms with Gasteiger partial charge < -0.3 is 4.74 Å². The molecule has 1 unspecified atom stereocenters. The van der Waals surface area contributed by atoms with Gasteiger partial charge in [-0.15, -0.1) is 0 Å². The van der Waals surface area contributed by atoms with E-state index in [1.54, 1.807) is 4.90 Å². The van der Waals surface area contributed by atoms with Crippen molar-refractivity contribution in [1.29, 1.82) is 0 Å². The van der Waals surface area contributed by atoms with Crippen LogP contribution in [0.4, 0.5) is 22.0 Å². The third-order valence-corrected chi connectivity index (χ3v) is 8.91. The van der Waals surface area contributed by atoms with E-state index in [0.29, 0.717) is 43.9 Å². The quantitative estimate of drug-likeness (QED) is 0.455. The highest BCUT2D eigenvalue weighted by molar-refractivity contribution is 7.91. The summed E-state index contributed by atoms with van der Waals surface area (Å²) in [7, 11) is -3.84. The van der Waals surface area contributed by atoms with E-state index in [4.69, 9.17) is 4.74 Å². The lowest BCUT2D eigenvalue weighted by atomic mass is 10.0. The number of nitrogens with zero attached hydrogens (tertiary/aromatic N) is 1. The van der Waals surface area contributed by atoms with Crippen LogP contribution in [-0.2, 0) is 22.7 Å². The van der Waals surface area contributed by atoms with Gasteiger partial charge in [-0.2, -0.15) is 13.2 Å². The Balaban J connectivity index is 1.31. The lowest BCUT2D eigenvalue weighted by molar-refractivity contribution is -0.138. The van der Waals surface area contributed by atoms with Crippen molar-refractivity contribution in [1.82, 2.24) is 9.62 Å². The van der Waals surface area contributed by atoms with E-state index in [1.165, 1.54) is 6.07 Å². The summed E-state index contributed by atoms with van der Waals surface area (Å²) >= 11 is 0. The second kappa shape index (κ2) is 10.1. The molecule has 5 rings (SSSR count). The van der Waals surface area contributed by atoms with Gasteiger partial charge in [0.15, 0.2) is 0 Å². The first-order valence-corrected chi connectivity index (χ1v) is 14.1. The van der Waals surface area contributed by atoms with Gasteiger partial charge in [-0.3, -0.25) is 9.69 Å². The highest BCUT2D eigenvalue weighted by Gasteiger charge is 2.38. The molecule has 3 aliphatic rings. The smallest absolute Gasteiger partial charge is 0.416 e. The van der Waals surface area contributed by atoms with Crippen molar-refractivity contribution in [3.05, 3.63) is 64.2 Å². The number of halogens is 5. The fraction of sp³-hybridized carbons (Fsp3) is 0.500. The molecule has 12 heteroatoms. The Bertz CT molecular complexity index is 1340. The number of carbonyl (C=O) groups excluding carboxylic acids is 1. The first-order chi connectivity index (χ1) is 17.9. The van der Waals surface area contributed by atoms with E-state index in [-0.39, 0.29) is 35.9 Å². The zero-order chi connectivity index (χ0) is 27.2. The fourth-order valence-electron chi connectivity index (χ4n) is 4.83. The predicted molar refractivity (Wildman–Crippen MR) is 128 cm³/mol. The summed E-state index contributed by atoms with van der Waals surface area (Å²) in [4.78, 5) is 14.4. The Morgan fingerprint density at radius 2 is 1.79 bits per heavy atom. The normalized spacial score (nSPS) is 20.8. The Morgan fingerprint density at radius 1 is 1.05 bits per heavy atom. The number of amides is 1. The number of sulfonamides is 1. The second-order valence-corrected chi connectivity index (χ2v) is 12.2. The van der Waals surface area contributed by atoms with Gasteiger partial charge in [0.2, 0.25) is 10.0 Å². The molecule has 206 valence electrons. The number of piperidine rings is 1. The number of benzene rings is 2. The number of likely N-dealkylation sites (tertiary alicyclic amines) is 1. The van der Waals surface area contributed by atoms with Crippen LogP contribution in [0.3, 0.4) is 0 Å².